The van der Waals surface area contributed by atoms with E-state index >= 15 is 0 Å². The third-order valence-corrected chi connectivity index (χ3v) is 4.10. The van der Waals surface area contributed by atoms with Gasteiger partial charge in [-0.25, -0.2) is 4.79 Å². The Morgan fingerprint density at radius 2 is 1.61 bits per heavy atom. The van der Waals surface area contributed by atoms with Crippen LogP contribution < -0.4 is 5.73 Å². The molecule has 0 aliphatic carbocycles. The quantitative estimate of drug-likeness (QED) is 0.509. The predicted molar refractivity (Wildman–Crippen MR) is 89.9 cm³/mol. The Kier molecular flexibility index (Phi) is 5.42. The van der Waals surface area contributed by atoms with Gasteiger partial charge in [0.05, 0.1) is 22.7 Å². The van der Waals surface area contributed by atoms with E-state index < -0.39 is 17.3 Å². The van der Waals surface area contributed by atoms with Crippen LogP contribution in [0.3, 0.4) is 0 Å². The number of ketones is 1. The van der Waals surface area contributed by atoms with Crippen LogP contribution >= 0.6 is 23.2 Å². The molecule has 2 rings (SSSR count). The number of nitrogens with two attached hydrogens (primary N) is 1. The number of benzene rings is 2. The number of halogens is 2. The minimum Gasteiger partial charge on any atom is -0.467 e. The lowest BCUT2D eigenvalue weighted by Crippen LogP contribution is -2.57. The van der Waals surface area contributed by atoms with E-state index in [4.69, 9.17) is 33.7 Å². The standard InChI is InChI=1S/C17H15Cl2NO3/c1-23-16(22)17(20,10-11-6-3-2-4-7-11)15(21)14-12(18)8-5-9-13(14)19/h2-9H,10,20H2,1H3/t17-/m1/s1. The molecule has 0 aliphatic rings. The van der Waals surface area contributed by atoms with Gasteiger partial charge >= 0.3 is 5.97 Å². The van der Waals surface area contributed by atoms with E-state index in [1.54, 1.807) is 30.3 Å². The Hall–Kier alpha value is -1.88. The van der Waals surface area contributed by atoms with Crippen LogP contribution in [0.4, 0.5) is 0 Å². The number of rotatable bonds is 5. The lowest BCUT2D eigenvalue weighted by Gasteiger charge is -2.26. The number of hydrogen-bond acceptors (Lipinski definition) is 4. The van der Waals surface area contributed by atoms with Gasteiger partial charge in [-0.1, -0.05) is 59.6 Å². The van der Waals surface area contributed by atoms with Crippen molar-refractivity contribution in [1.82, 2.24) is 0 Å². The van der Waals surface area contributed by atoms with Crippen molar-refractivity contribution in [2.45, 2.75) is 12.0 Å². The smallest absolute Gasteiger partial charge is 0.334 e. The molecule has 0 bridgehead atoms. The second-order valence-electron chi connectivity index (χ2n) is 5.05. The van der Waals surface area contributed by atoms with E-state index in [0.717, 1.165) is 5.56 Å². The molecule has 0 unspecified atom stereocenters. The van der Waals surface area contributed by atoms with Gasteiger partial charge in [0.15, 0.2) is 11.3 Å². The normalized spacial score (nSPS) is 13.2. The van der Waals surface area contributed by atoms with Gasteiger partial charge in [0, 0.05) is 6.42 Å². The molecule has 2 aromatic rings. The first-order valence-electron chi connectivity index (χ1n) is 6.80. The maximum atomic E-state index is 12.9. The van der Waals surface area contributed by atoms with Crippen LogP contribution in [0.15, 0.2) is 48.5 Å². The highest BCUT2D eigenvalue weighted by atomic mass is 35.5. The summed E-state index contributed by atoms with van der Waals surface area (Å²) in [6.07, 6.45) is -0.0269. The zero-order chi connectivity index (χ0) is 17.0. The first-order chi connectivity index (χ1) is 10.9. The maximum Gasteiger partial charge on any atom is 0.334 e. The molecule has 4 nitrogen and oxygen atoms in total. The van der Waals surface area contributed by atoms with Crippen LogP contribution in [0.25, 0.3) is 0 Å². The summed E-state index contributed by atoms with van der Waals surface area (Å²) >= 11 is 12.1. The van der Waals surface area contributed by atoms with Gasteiger partial charge in [0.25, 0.3) is 0 Å². The molecule has 120 valence electrons. The minimum atomic E-state index is -1.91. The number of esters is 1. The fraction of sp³-hybridized carbons (Fsp3) is 0.176. The fourth-order valence-electron chi connectivity index (χ4n) is 2.28. The minimum absolute atomic E-state index is 0.0136. The van der Waals surface area contributed by atoms with Crippen LogP contribution in [0, 0.1) is 0 Å². The molecule has 2 aromatic carbocycles. The average molecular weight is 352 g/mol. The molecule has 0 saturated heterocycles. The number of carbonyl (C=O) groups is 2. The van der Waals surface area contributed by atoms with Crippen LogP contribution in [0.2, 0.25) is 10.0 Å². The molecule has 23 heavy (non-hydrogen) atoms. The third kappa shape index (κ3) is 3.55. The number of hydrogen-bond donors (Lipinski definition) is 1. The second-order valence-corrected chi connectivity index (χ2v) is 5.87. The molecule has 0 radical (unpaired) electrons. The van der Waals surface area contributed by atoms with Gasteiger partial charge in [-0.3, -0.25) is 4.79 Å². The van der Waals surface area contributed by atoms with Gasteiger partial charge in [0.2, 0.25) is 0 Å². The van der Waals surface area contributed by atoms with E-state index in [1.165, 1.54) is 19.2 Å². The van der Waals surface area contributed by atoms with Gasteiger partial charge in [-0.2, -0.15) is 0 Å². The molecule has 0 amide bonds. The molecular formula is C17H15Cl2NO3. The summed E-state index contributed by atoms with van der Waals surface area (Å²) in [5, 5.41) is 0.267. The summed E-state index contributed by atoms with van der Waals surface area (Å²) in [5.74, 6) is -1.52. The molecule has 2 N–H and O–H groups in total. The molecule has 6 heteroatoms. The molecule has 1 atom stereocenters. The number of carbonyl (C=O) groups excluding carboxylic acids is 2. The van der Waals surface area contributed by atoms with Crippen molar-refractivity contribution in [2.75, 3.05) is 7.11 Å². The van der Waals surface area contributed by atoms with Crippen molar-refractivity contribution in [3.8, 4) is 0 Å². The first-order valence-corrected chi connectivity index (χ1v) is 7.55. The Balaban J connectivity index is 2.50. The molecular weight excluding hydrogens is 337 g/mol. The average Bonchev–Trinajstić information content (AvgIpc) is 2.54. The lowest BCUT2D eigenvalue weighted by molar-refractivity contribution is -0.145. The van der Waals surface area contributed by atoms with Crippen molar-refractivity contribution in [3.05, 3.63) is 69.7 Å². The van der Waals surface area contributed by atoms with Crippen molar-refractivity contribution in [3.63, 3.8) is 0 Å². The number of Topliss-reactive ketones (excluding diaryl/α,β-unsaturated/α-hetero) is 1. The number of ether oxygens (including phenoxy) is 1. The van der Waals surface area contributed by atoms with Crippen molar-refractivity contribution < 1.29 is 14.3 Å². The molecule has 0 heterocycles. The second kappa shape index (κ2) is 7.13. The zero-order valence-corrected chi connectivity index (χ0v) is 13.9. The maximum absolute atomic E-state index is 12.9. The van der Waals surface area contributed by atoms with E-state index in [1.807, 2.05) is 6.07 Å². The topological polar surface area (TPSA) is 69.4 Å². The number of methoxy groups -OCH3 is 1. The summed E-state index contributed by atoms with van der Waals surface area (Å²) in [6.45, 7) is 0. The Morgan fingerprint density at radius 3 is 2.13 bits per heavy atom. The van der Waals surface area contributed by atoms with Crippen LogP contribution in [0.1, 0.15) is 15.9 Å². The summed E-state index contributed by atoms with van der Waals surface area (Å²) in [5.41, 5.74) is 4.98. The third-order valence-electron chi connectivity index (χ3n) is 3.47. The summed E-state index contributed by atoms with van der Waals surface area (Å²) in [4.78, 5) is 25.1. The first kappa shape index (κ1) is 17.5. The molecule has 0 fully saturated rings. The Labute approximate surface area is 144 Å². The monoisotopic (exact) mass is 351 g/mol. The highest BCUT2D eigenvalue weighted by Crippen LogP contribution is 2.29. The zero-order valence-electron chi connectivity index (χ0n) is 12.4. The van der Waals surface area contributed by atoms with Crippen LogP contribution in [-0.2, 0) is 16.0 Å². The van der Waals surface area contributed by atoms with E-state index in [0.29, 0.717) is 0 Å². The largest absolute Gasteiger partial charge is 0.467 e. The van der Waals surface area contributed by atoms with Crippen molar-refractivity contribution in [2.24, 2.45) is 5.73 Å². The highest BCUT2D eigenvalue weighted by molar-refractivity contribution is 6.41. The fourth-order valence-corrected chi connectivity index (χ4v) is 2.85. The molecule has 0 aliphatic heterocycles. The van der Waals surface area contributed by atoms with Gasteiger partial charge < -0.3 is 10.5 Å². The molecule has 0 aromatic heterocycles. The lowest BCUT2D eigenvalue weighted by atomic mass is 9.84. The highest BCUT2D eigenvalue weighted by Gasteiger charge is 2.45. The summed E-state index contributed by atoms with van der Waals surface area (Å²) < 4.78 is 4.74. The van der Waals surface area contributed by atoms with Gasteiger partial charge in [-0.05, 0) is 17.7 Å². The Morgan fingerprint density at radius 1 is 1.04 bits per heavy atom. The Bertz CT molecular complexity index is 714. The molecule has 0 saturated carbocycles. The van der Waals surface area contributed by atoms with E-state index in [-0.39, 0.29) is 22.0 Å². The van der Waals surface area contributed by atoms with Gasteiger partial charge in [0.1, 0.15) is 0 Å². The SMILES string of the molecule is COC(=O)[C@@](N)(Cc1ccccc1)C(=O)c1c(Cl)cccc1Cl. The molecule has 0 spiro atoms. The van der Waals surface area contributed by atoms with Crippen LogP contribution in [0.5, 0.6) is 0 Å². The summed E-state index contributed by atoms with van der Waals surface area (Å²) in [7, 11) is 1.18. The van der Waals surface area contributed by atoms with E-state index in [2.05, 4.69) is 0 Å². The van der Waals surface area contributed by atoms with E-state index in [9.17, 15) is 9.59 Å². The predicted octanol–water partition coefficient (Wildman–Crippen LogP) is 3.29. The van der Waals surface area contributed by atoms with Gasteiger partial charge in [-0.15, -0.1) is 0 Å². The van der Waals surface area contributed by atoms with Crippen molar-refractivity contribution in [1.29, 1.82) is 0 Å². The van der Waals surface area contributed by atoms with Crippen LogP contribution in [-0.4, -0.2) is 24.4 Å². The van der Waals surface area contributed by atoms with Crippen molar-refractivity contribution >= 4 is 35.0 Å². The summed E-state index contributed by atoms with van der Waals surface area (Å²) in [6, 6.07) is 13.6.